The number of amides is 1. The zero-order valence-electron chi connectivity index (χ0n) is 18.8. The average molecular weight is 486 g/mol. The van der Waals surface area contributed by atoms with Crippen LogP contribution in [-0.2, 0) is 21.4 Å². The van der Waals surface area contributed by atoms with Crippen LogP contribution in [-0.4, -0.2) is 83.5 Å². The number of carbonyl (C=O) groups is 1. The molecule has 3 aromatic rings. The van der Waals surface area contributed by atoms with Gasteiger partial charge in [-0.05, 0) is 23.8 Å². The first-order chi connectivity index (χ1) is 16.2. The number of nitrogens with one attached hydrogen (secondary N) is 1. The third kappa shape index (κ3) is 5.56. The van der Waals surface area contributed by atoms with Crippen LogP contribution in [0.1, 0.15) is 11.1 Å². The molecule has 10 nitrogen and oxygen atoms in total. The van der Waals surface area contributed by atoms with E-state index in [2.05, 4.69) is 15.4 Å². The lowest BCUT2D eigenvalue weighted by atomic mass is 10.1. The number of carbonyl (C=O) groups excluding carboxylic acids is 1. The molecule has 34 heavy (non-hydrogen) atoms. The smallest absolute Gasteiger partial charge is 0.254 e. The molecule has 180 valence electrons. The standard InChI is InChI=1S/C23H27N5O5S/c1-34(32,33)28-15-18(20-4-2-3-5-21(20)28)14-26-8-10-27(11-9-26)16-23(31)25-24-13-17-6-7-19(29)12-22(17)30/h2-7,12-13,15,29-30H,8-11,14,16H2,1H3,(H,25,31)/b24-13-. The van der Waals surface area contributed by atoms with Crippen LogP contribution in [0.4, 0.5) is 0 Å². The number of piperazine rings is 1. The first kappa shape index (κ1) is 23.7. The summed E-state index contributed by atoms with van der Waals surface area (Å²) in [5, 5.41) is 23.8. The average Bonchev–Trinajstić information content (AvgIpc) is 3.16. The highest BCUT2D eigenvalue weighted by molar-refractivity contribution is 7.89. The number of aromatic nitrogens is 1. The van der Waals surface area contributed by atoms with Crippen molar-refractivity contribution in [2.75, 3.05) is 39.0 Å². The third-order valence-electron chi connectivity index (χ3n) is 5.75. The molecule has 0 bridgehead atoms. The van der Waals surface area contributed by atoms with Crippen molar-refractivity contribution in [2.45, 2.75) is 6.54 Å². The Morgan fingerprint density at radius 1 is 1.09 bits per heavy atom. The van der Waals surface area contributed by atoms with Crippen molar-refractivity contribution in [2.24, 2.45) is 5.10 Å². The topological polar surface area (TPSA) is 127 Å². The summed E-state index contributed by atoms with van der Waals surface area (Å²) in [6, 6.07) is 11.6. The summed E-state index contributed by atoms with van der Waals surface area (Å²) in [4.78, 5) is 16.5. The fraction of sp³-hybridized carbons (Fsp3) is 0.304. The minimum Gasteiger partial charge on any atom is -0.508 e. The minimum atomic E-state index is -3.39. The first-order valence-corrected chi connectivity index (χ1v) is 12.6. The largest absolute Gasteiger partial charge is 0.508 e. The second-order valence-corrected chi connectivity index (χ2v) is 10.2. The predicted octanol–water partition coefficient (Wildman–Crippen LogP) is 1.13. The minimum absolute atomic E-state index is 0.0565. The van der Waals surface area contributed by atoms with Gasteiger partial charge in [0.2, 0.25) is 10.0 Å². The SMILES string of the molecule is CS(=O)(=O)n1cc(CN2CCN(CC(=O)N/N=C\c3ccc(O)cc3O)CC2)c2ccccc21. The van der Waals surface area contributed by atoms with E-state index in [9.17, 15) is 23.4 Å². The van der Waals surface area contributed by atoms with Crippen molar-refractivity contribution in [1.82, 2.24) is 19.2 Å². The molecule has 4 rings (SSSR count). The Kier molecular flexibility index (Phi) is 6.87. The molecule has 1 fully saturated rings. The van der Waals surface area contributed by atoms with Crippen LogP contribution < -0.4 is 5.43 Å². The summed E-state index contributed by atoms with van der Waals surface area (Å²) < 4.78 is 25.6. The highest BCUT2D eigenvalue weighted by Gasteiger charge is 2.21. The Bertz CT molecular complexity index is 1330. The van der Waals surface area contributed by atoms with E-state index >= 15 is 0 Å². The fourth-order valence-electron chi connectivity index (χ4n) is 4.02. The Morgan fingerprint density at radius 3 is 2.50 bits per heavy atom. The van der Waals surface area contributed by atoms with Crippen LogP contribution in [0, 0.1) is 0 Å². The molecule has 1 saturated heterocycles. The van der Waals surface area contributed by atoms with E-state index in [0.717, 1.165) is 24.0 Å². The van der Waals surface area contributed by atoms with E-state index < -0.39 is 10.0 Å². The molecular formula is C23H27N5O5S. The van der Waals surface area contributed by atoms with Crippen LogP contribution in [0.25, 0.3) is 10.9 Å². The summed E-state index contributed by atoms with van der Waals surface area (Å²) >= 11 is 0. The molecule has 0 aliphatic carbocycles. The fourth-order valence-corrected chi connectivity index (χ4v) is 4.85. The van der Waals surface area contributed by atoms with Gasteiger partial charge in [-0.3, -0.25) is 14.6 Å². The number of hydrazone groups is 1. The normalized spacial score (nSPS) is 15.8. The van der Waals surface area contributed by atoms with Gasteiger partial charge in [0.05, 0.1) is 24.5 Å². The Hall–Kier alpha value is -3.41. The van der Waals surface area contributed by atoms with Crippen molar-refractivity contribution in [3.05, 3.63) is 59.8 Å². The highest BCUT2D eigenvalue weighted by Crippen LogP contribution is 2.24. The van der Waals surface area contributed by atoms with Gasteiger partial charge in [0.15, 0.2) is 0 Å². The molecule has 1 aromatic heterocycles. The number of hydrogen-bond acceptors (Lipinski definition) is 8. The number of nitrogens with zero attached hydrogens (tertiary/aromatic N) is 4. The van der Waals surface area contributed by atoms with Crippen molar-refractivity contribution < 1.29 is 23.4 Å². The summed E-state index contributed by atoms with van der Waals surface area (Å²) in [5.74, 6) is -0.452. The van der Waals surface area contributed by atoms with Gasteiger partial charge in [-0.15, -0.1) is 0 Å². The van der Waals surface area contributed by atoms with Crippen molar-refractivity contribution in [3.8, 4) is 11.5 Å². The molecule has 2 heterocycles. The summed E-state index contributed by atoms with van der Waals surface area (Å²) in [5.41, 5.74) is 4.46. The lowest BCUT2D eigenvalue weighted by Crippen LogP contribution is -2.48. The second kappa shape index (κ2) is 9.84. The maximum atomic E-state index is 12.2. The monoisotopic (exact) mass is 485 g/mol. The van der Waals surface area contributed by atoms with Gasteiger partial charge in [-0.1, -0.05) is 18.2 Å². The first-order valence-electron chi connectivity index (χ1n) is 10.8. The maximum Gasteiger partial charge on any atom is 0.254 e. The molecule has 1 aliphatic heterocycles. The van der Waals surface area contributed by atoms with Crippen LogP contribution in [0.5, 0.6) is 11.5 Å². The van der Waals surface area contributed by atoms with Crippen LogP contribution in [0.15, 0.2) is 53.8 Å². The van der Waals surface area contributed by atoms with Crippen molar-refractivity contribution in [1.29, 1.82) is 0 Å². The molecule has 0 radical (unpaired) electrons. The molecule has 0 saturated carbocycles. The number of phenols is 2. The van der Waals surface area contributed by atoms with E-state index in [-0.39, 0.29) is 24.0 Å². The van der Waals surface area contributed by atoms with Crippen LogP contribution in [0.2, 0.25) is 0 Å². The maximum absolute atomic E-state index is 12.2. The van der Waals surface area contributed by atoms with Crippen LogP contribution in [0.3, 0.4) is 0 Å². The van der Waals surface area contributed by atoms with Gasteiger partial charge in [-0.25, -0.2) is 17.8 Å². The summed E-state index contributed by atoms with van der Waals surface area (Å²) in [6.45, 7) is 3.71. The summed E-state index contributed by atoms with van der Waals surface area (Å²) in [6.07, 6.45) is 4.21. The van der Waals surface area contributed by atoms with Gasteiger partial charge >= 0.3 is 0 Å². The van der Waals surface area contributed by atoms with Gasteiger partial charge in [0.1, 0.15) is 11.5 Å². The van der Waals surface area contributed by atoms with E-state index in [4.69, 9.17) is 0 Å². The van der Waals surface area contributed by atoms with Gasteiger partial charge in [-0.2, -0.15) is 5.10 Å². The van der Waals surface area contributed by atoms with Crippen LogP contribution >= 0.6 is 0 Å². The van der Waals surface area contributed by atoms with E-state index in [0.29, 0.717) is 30.7 Å². The molecule has 0 spiro atoms. The lowest BCUT2D eigenvalue weighted by Gasteiger charge is -2.34. The third-order valence-corrected chi connectivity index (χ3v) is 6.77. The van der Waals surface area contributed by atoms with Gasteiger partial charge in [0.25, 0.3) is 5.91 Å². The highest BCUT2D eigenvalue weighted by atomic mass is 32.2. The summed E-state index contributed by atoms with van der Waals surface area (Å²) in [7, 11) is -3.39. The molecule has 3 N–H and O–H groups in total. The van der Waals surface area contributed by atoms with E-state index in [1.54, 1.807) is 6.20 Å². The van der Waals surface area contributed by atoms with E-state index in [1.165, 1.54) is 34.6 Å². The second-order valence-electron chi connectivity index (χ2n) is 8.32. The number of hydrogen-bond donors (Lipinski definition) is 3. The Labute approximate surface area is 197 Å². The number of aromatic hydroxyl groups is 2. The van der Waals surface area contributed by atoms with Gasteiger partial charge < -0.3 is 10.2 Å². The number of benzene rings is 2. The Balaban J connectivity index is 1.29. The molecule has 2 aromatic carbocycles. The van der Waals surface area contributed by atoms with E-state index in [1.807, 2.05) is 29.2 Å². The number of rotatable bonds is 7. The number of para-hydroxylation sites is 1. The molecule has 0 atom stereocenters. The van der Waals surface area contributed by atoms with Crippen molar-refractivity contribution >= 4 is 33.0 Å². The number of fused-ring (bicyclic) bond motifs is 1. The zero-order chi connectivity index (χ0) is 24.3. The molecular weight excluding hydrogens is 458 g/mol. The Morgan fingerprint density at radius 2 is 1.79 bits per heavy atom. The molecule has 11 heteroatoms. The lowest BCUT2D eigenvalue weighted by molar-refractivity contribution is -0.122. The molecule has 1 amide bonds. The predicted molar refractivity (Wildman–Crippen MR) is 129 cm³/mol. The quantitative estimate of drug-likeness (QED) is 0.338. The molecule has 1 aliphatic rings. The van der Waals surface area contributed by atoms with Gasteiger partial charge in [0, 0.05) is 55.9 Å². The van der Waals surface area contributed by atoms with Crippen molar-refractivity contribution in [3.63, 3.8) is 0 Å². The molecule has 0 unspecified atom stereocenters. The zero-order valence-corrected chi connectivity index (χ0v) is 19.6. The number of phenolic OH excluding ortho intramolecular Hbond substituents is 2.